The Morgan fingerprint density at radius 3 is 2.52 bits per heavy atom. The van der Waals surface area contributed by atoms with Crippen molar-refractivity contribution in [1.29, 1.82) is 0 Å². The van der Waals surface area contributed by atoms with Crippen molar-refractivity contribution in [2.45, 2.75) is 77.4 Å². The van der Waals surface area contributed by atoms with Crippen LogP contribution in [0.25, 0.3) is 0 Å². The SMILES string of the molecule is CCCN(c1cc(CC)nc(C)n1)C1CC2CCC(C1)N2. The summed E-state index contributed by atoms with van der Waals surface area (Å²) in [6, 6.07) is 4.29. The van der Waals surface area contributed by atoms with Crippen molar-refractivity contribution < 1.29 is 0 Å². The Balaban J connectivity index is 1.85. The molecule has 1 N–H and O–H groups in total. The monoisotopic (exact) mass is 288 g/mol. The summed E-state index contributed by atoms with van der Waals surface area (Å²) in [5.74, 6) is 2.05. The largest absolute Gasteiger partial charge is 0.353 e. The molecule has 116 valence electrons. The first-order valence-electron chi connectivity index (χ1n) is 8.56. The summed E-state index contributed by atoms with van der Waals surface area (Å²) < 4.78 is 0. The lowest BCUT2D eigenvalue weighted by atomic mass is 9.98. The second-order valence-electron chi connectivity index (χ2n) is 6.57. The molecule has 2 fully saturated rings. The van der Waals surface area contributed by atoms with Crippen LogP contribution in [0.4, 0.5) is 5.82 Å². The fourth-order valence-corrected chi connectivity index (χ4v) is 3.95. The van der Waals surface area contributed by atoms with Gasteiger partial charge in [-0.05, 0) is 45.4 Å². The van der Waals surface area contributed by atoms with E-state index in [1.54, 1.807) is 0 Å². The van der Waals surface area contributed by atoms with Crippen LogP contribution in [0.1, 0.15) is 57.5 Å². The molecule has 3 heterocycles. The average Bonchev–Trinajstić information content (AvgIpc) is 2.82. The summed E-state index contributed by atoms with van der Waals surface area (Å²) >= 11 is 0. The highest BCUT2D eigenvalue weighted by atomic mass is 15.2. The summed E-state index contributed by atoms with van der Waals surface area (Å²) in [4.78, 5) is 11.8. The lowest BCUT2D eigenvalue weighted by Crippen LogP contribution is -2.49. The quantitative estimate of drug-likeness (QED) is 0.904. The molecule has 0 radical (unpaired) electrons. The van der Waals surface area contributed by atoms with Gasteiger partial charge in [0, 0.05) is 36.4 Å². The number of hydrogen-bond acceptors (Lipinski definition) is 4. The summed E-state index contributed by atoms with van der Waals surface area (Å²) in [6.45, 7) is 7.54. The third-order valence-electron chi connectivity index (χ3n) is 4.89. The number of fused-ring (bicyclic) bond motifs is 2. The number of aromatic nitrogens is 2. The molecule has 2 aliphatic rings. The van der Waals surface area contributed by atoms with Crippen molar-refractivity contribution in [1.82, 2.24) is 15.3 Å². The van der Waals surface area contributed by atoms with Crippen LogP contribution in [0.15, 0.2) is 6.07 Å². The Morgan fingerprint density at radius 2 is 1.90 bits per heavy atom. The molecule has 0 amide bonds. The molecule has 1 aromatic heterocycles. The van der Waals surface area contributed by atoms with Crippen LogP contribution in [0.2, 0.25) is 0 Å². The van der Waals surface area contributed by atoms with E-state index in [0.29, 0.717) is 6.04 Å². The van der Waals surface area contributed by atoms with Gasteiger partial charge in [-0.25, -0.2) is 9.97 Å². The summed E-state index contributed by atoms with van der Waals surface area (Å²) in [7, 11) is 0. The highest BCUT2D eigenvalue weighted by molar-refractivity contribution is 5.41. The summed E-state index contributed by atoms with van der Waals surface area (Å²) in [5, 5.41) is 3.74. The van der Waals surface area contributed by atoms with E-state index in [1.807, 2.05) is 6.92 Å². The van der Waals surface area contributed by atoms with Gasteiger partial charge < -0.3 is 10.2 Å². The molecular weight excluding hydrogens is 260 g/mol. The number of nitrogens with one attached hydrogen (secondary N) is 1. The Hall–Kier alpha value is -1.16. The molecule has 2 atom stereocenters. The van der Waals surface area contributed by atoms with Gasteiger partial charge in [0.1, 0.15) is 11.6 Å². The molecule has 2 aliphatic heterocycles. The Labute approximate surface area is 128 Å². The first-order valence-corrected chi connectivity index (χ1v) is 8.56. The third-order valence-corrected chi connectivity index (χ3v) is 4.89. The minimum absolute atomic E-state index is 0.641. The molecule has 21 heavy (non-hydrogen) atoms. The minimum atomic E-state index is 0.641. The lowest BCUT2D eigenvalue weighted by molar-refractivity contribution is 0.345. The van der Waals surface area contributed by atoms with Crippen molar-refractivity contribution in [3.63, 3.8) is 0 Å². The maximum absolute atomic E-state index is 4.74. The molecule has 0 aromatic carbocycles. The minimum Gasteiger partial charge on any atom is -0.353 e. The van der Waals surface area contributed by atoms with Gasteiger partial charge in [0.25, 0.3) is 0 Å². The molecule has 0 spiro atoms. The highest BCUT2D eigenvalue weighted by Crippen LogP contribution is 2.32. The molecule has 2 saturated heterocycles. The van der Waals surface area contributed by atoms with Gasteiger partial charge in [-0.15, -0.1) is 0 Å². The number of anilines is 1. The zero-order valence-electron chi connectivity index (χ0n) is 13.6. The predicted molar refractivity (Wildman–Crippen MR) is 86.8 cm³/mol. The number of hydrogen-bond donors (Lipinski definition) is 1. The third kappa shape index (κ3) is 3.20. The first kappa shape index (κ1) is 14.8. The summed E-state index contributed by atoms with van der Waals surface area (Å²) in [5.41, 5.74) is 1.16. The van der Waals surface area contributed by atoms with Crippen molar-refractivity contribution >= 4 is 5.82 Å². The molecule has 3 rings (SSSR count). The second-order valence-corrected chi connectivity index (χ2v) is 6.57. The topological polar surface area (TPSA) is 41.1 Å². The van der Waals surface area contributed by atoms with Gasteiger partial charge in [0.15, 0.2) is 0 Å². The molecule has 1 aromatic rings. The average molecular weight is 288 g/mol. The molecule has 0 saturated carbocycles. The first-order chi connectivity index (χ1) is 10.2. The fourth-order valence-electron chi connectivity index (χ4n) is 3.95. The van der Waals surface area contributed by atoms with Gasteiger partial charge in [-0.3, -0.25) is 0 Å². The smallest absolute Gasteiger partial charge is 0.132 e. The molecule has 4 heteroatoms. The number of rotatable bonds is 5. The number of nitrogens with zero attached hydrogens (tertiary/aromatic N) is 3. The van der Waals surface area contributed by atoms with Crippen molar-refractivity contribution in [2.24, 2.45) is 0 Å². The van der Waals surface area contributed by atoms with E-state index in [1.165, 1.54) is 32.1 Å². The van der Waals surface area contributed by atoms with E-state index >= 15 is 0 Å². The van der Waals surface area contributed by atoms with Crippen molar-refractivity contribution in [3.05, 3.63) is 17.6 Å². The predicted octanol–water partition coefficient (Wildman–Crippen LogP) is 2.85. The second kappa shape index (κ2) is 6.30. The fraction of sp³-hybridized carbons (Fsp3) is 0.765. The van der Waals surface area contributed by atoms with E-state index in [0.717, 1.165) is 42.4 Å². The molecule has 0 aliphatic carbocycles. The van der Waals surface area contributed by atoms with E-state index in [4.69, 9.17) is 4.98 Å². The van der Waals surface area contributed by atoms with E-state index in [-0.39, 0.29) is 0 Å². The van der Waals surface area contributed by atoms with Crippen LogP contribution >= 0.6 is 0 Å². The van der Waals surface area contributed by atoms with Gasteiger partial charge in [0.2, 0.25) is 0 Å². The van der Waals surface area contributed by atoms with Gasteiger partial charge in [-0.2, -0.15) is 0 Å². The number of aryl methyl sites for hydroxylation is 2. The lowest BCUT2D eigenvalue weighted by Gasteiger charge is -2.38. The Morgan fingerprint density at radius 1 is 1.19 bits per heavy atom. The van der Waals surface area contributed by atoms with E-state index < -0.39 is 0 Å². The normalized spacial score (nSPS) is 27.9. The van der Waals surface area contributed by atoms with Crippen LogP contribution in [-0.2, 0) is 6.42 Å². The van der Waals surface area contributed by atoms with Crippen molar-refractivity contribution in [2.75, 3.05) is 11.4 Å². The molecular formula is C17H28N4. The zero-order chi connectivity index (χ0) is 14.8. The van der Waals surface area contributed by atoms with Crippen LogP contribution < -0.4 is 10.2 Å². The number of piperidine rings is 1. The maximum Gasteiger partial charge on any atom is 0.132 e. The molecule has 2 unspecified atom stereocenters. The molecule has 4 nitrogen and oxygen atoms in total. The zero-order valence-corrected chi connectivity index (χ0v) is 13.6. The van der Waals surface area contributed by atoms with Crippen LogP contribution in [0.5, 0.6) is 0 Å². The van der Waals surface area contributed by atoms with Crippen LogP contribution in [0.3, 0.4) is 0 Å². The van der Waals surface area contributed by atoms with Gasteiger partial charge in [0.05, 0.1) is 0 Å². The Bertz CT molecular complexity index is 476. The standard InChI is InChI=1S/C17H28N4/c1-4-8-21(16-9-14-6-7-15(10-16)20-14)17-11-13(5-2)18-12(3)19-17/h11,14-16,20H,4-10H2,1-3H3. The Kier molecular flexibility index (Phi) is 4.43. The van der Waals surface area contributed by atoms with E-state index in [9.17, 15) is 0 Å². The van der Waals surface area contributed by atoms with Crippen molar-refractivity contribution in [3.8, 4) is 0 Å². The van der Waals surface area contributed by atoms with Gasteiger partial charge in [-0.1, -0.05) is 13.8 Å². The van der Waals surface area contributed by atoms with Crippen LogP contribution in [0, 0.1) is 6.92 Å². The highest BCUT2D eigenvalue weighted by Gasteiger charge is 2.36. The van der Waals surface area contributed by atoms with E-state index in [2.05, 4.69) is 35.1 Å². The maximum atomic E-state index is 4.74. The molecule has 2 bridgehead atoms. The van der Waals surface area contributed by atoms with Crippen LogP contribution in [-0.4, -0.2) is 34.6 Å². The van der Waals surface area contributed by atoms with Gasteiger partial charge >= 0.3 is 0 Å². The summed E-state index contributed by atoms with van der Waals surface area (Å²) in [6.07, 6.45) is 7.38.